The summed E-state index contributed by atoms with van der Waals surface area (Å²) in [6.45, 7) is 0.311. The molecular formula is C12H10ClN3O3. The number of hydrogen-bond donors (Lipinski definition) is 0. The fourth-order valence-corrected chi connectivity index (χ4v) is 1.90. The van der Waals surface area contributed by atoms with E-state index in [2.05, 4.69) is 4.98 Å². The maximum atomic E-state index is 11.6. The minimum Gasteiger partial charge on any atom is -0.311 e. The zero-order valence-electron chi connectivity index (χ0n) is 9.82. The van der Waals surface area contributed by atoms with Gasteiger partial charge in [-0.3, -0.25) is 14.9 Å². The quantitative estimate of drug-likeness (QED) is 0.634. The summed E-state index contributed by atoms with van der Waals surface area (Å²) in [6, 6.07) is 6.45. The van der Waals surface area contributed by atoms with E-state index in [0.29, 0.717) is 18.5 Å². The van der Waals surface area contributed by atoms with E-state index in [1.54, 1.807) is 18.2 Å². The van der Waals surface area contributed by atoms with Crippen LogP contribution >= 0.6 is 11.6 Å². The summed E-state index contributed by atoms with van der Waals surface area (Å²) in [4.78, 5) is 25.7. The molecule has 0 radical (unpaired) electrons. The first-order valence-electron chi connectivity index (χ1n) is 5.53. The van der Waals surface area contributed by atoms with Gasteiger partial charge in [0, 0.05) is 30.6 Å². The lowest BCUT2D eigenvalue weighted by Crippen LogP contribution is -2.21. The molecule has 2 aromatic rings. The number of aromatic nitrogens is 2. The van der Waals surface area contributed by atoms with Crippen LogP contribution in [0.2, 0.25) is 5.15 Å². The van der Waals surface area contributed by atoms with E-state index in [-0.39, 0.29) is 10.8 Å². The molecule has 0 aliphatic rings. The molecule has 0 aliphatic heterocycles. The van der Waals surface area contributed by atoms with Gasteiger partial charge in [-0.25, -0.2) is 4.98 Å². The highest BCUT2D eigenvalue weighted by atomic mass is 35.5. The van der Waals surface area contributed by atoms with Gasteiger partial charge in [0.1, 0.15) is 0 Å². The predicted octanol–water partition coefficient (Wildman–Crippen LogP) is 2.05. The van der Waals surface area contributed by atoms with Gasteiger partial charge in [0.15, 0.2) is 5.15 Å². The molecule has 7 heteroatoms. The number of halogens is 1. The molecule has 0 N–H and O–H groups in total. The van der Waals surface area contributed by atoms with Crippen molar-refractivity contribution >= 4 is 17.3 Å². The predicted molar refractivity (Wildman–Crippen MR) is 70.3 cm³/mol. The van der Waals surface area contributed by atoms with Crippen molar-refractivity contribution in [3.8, 4) is 0 Å². The molecule has 0 atom stereocenters. The van der Waals surface area contributed by atoms with Gasteiger partial charge in [-0.2, -0.15) is 0 Å². The molecule has 1 heterocycles. The third-order valence-electron chi connectivity index (χ3n) is 2.68. The van der Waals surface area contributed by atoms with E-state index in [1.165, 1.54) is 23.0 Å². The van der Waals surface area contributed by atoms with Gasteiger partial charge in [-0.05, 0) is 6.42 Å². The molecule has 0 unspecified atom stereocenters. The standard InChI is InChI=1S/C12H10ClN3O3/c13-11-12(17)15(8-6-14-11)7-5-9-3-1-2-4-10(9)16(18)19/h1-4,6,8H,5,7H2. The molecule has 1 aromatic carbocycles. The Kier molecular flexibility index (Phi) is 3.91. The van der Waals surface area contributed by atoms with Gasteiger partial charge < -0.3 is 4.57 Å². The largest absolute Gasteiger partial charge is 0.311 e. The van der Waals surface area contributed by atoms with E-state index in [1.807, 2.05) is 0 Å². The van der Waals surface area contributed by atoms with E-state index in [0.717, 1.165) is 0 Å². The van der Waals surface area contributed by atoms with Crippen LogP contribution in [0.3, 0.4) is 0 Å². The number of benzene rings is 1. The zero-order valence-corrected chi connectivity index (χ0v) is 10.6. The van der Waals surface area contributed by atoms with Crippen LogP contribution in [-0.2, 0) is 13.0 Å². The van der Waals surface area contributed by atoms with Gasteiger partial charge >= 0.3 is 0 Å². The van der Waals surface area contributed by atoms with Crippen molar-refractivity contribution in [3.63, 3.8) is 0 Å². The Labute approximate surface area is 113 Å². The first kappa shape index (κ1) is 13.2. The van der Waals surface area contributed by atoms with Crippen LogP contribution in [0.25, 0.3) is 0 Å². The number of aryl methyl sites for hydroxylation is 2. The minimum absolute atomic E-state index is 0.0516. The molecule has 0 amide bonds. The molecule has 0 bridgehead atoms. The molecular weight excluding hydrogens is 270 g/mol. The second-order valence-corrected chi connectivity index (χ2v) is 4.21. The monoisotopic (exact) mass is 279 g/mol. The Morgan fingerprint density at radius 3 is 2.84 bits per heavy atom. The van der Waals surface area contributed by atoms with Crippen molar-refractivity contribution < 1.29 is 4.92 Å². The Morgan fingerprint density at radius 2 is 2.11 bits per heavy atom. The van der Waals surface area contributed by atoms with Crippen LogP contribution < -0.4 is 5.56 Å². The highest BCUT2D eigenvalue weighted by Crippen LogP contribution is 2.18. The van der Waals surface area contributed by atoms with Gasteiger partial charge in [0.05, 0.1) is 4.92 Å². The maximum absolute atomic E-state index is 11.6. The summed E-state index contributed by atoms with van der Waals surface area (Å²) in [7, 11) is 0. The summed E-state index contributed by atoms with van der Waals surface area (Å²) >= 11 is 5.62. The zero-order chi connectivity index (χ0) is 13.8. The molecule has 1 aromatic heterocycles. The molecule has 2 rings (SSSR count). The normalized spacial score (nSPS) is 10.4. The Hall–Kier alpha value is -2.21. The number of rotatable bonds is 4. The molecule has 0 fully saturated rings. The third kappa shape index (κ3) is 2.97. The summed E-state index contributed by atoms with van der Waals surface area (Å²) in [5, 5.41) is 10.8. The molecule has 0 spiro atoms. The van der Waals surface area contributed by atoms with Crippen LogP contribution in [0.1, 0.15) is 5.56 Å². The van der Waals surface area contributed by atoms with E-state index < -0.39 is 10.5 Å². The number of para-hydroxylation sites is 1. The van der Waals surface area contributed by atoms with Crippen molar-refractivity contribution in [2.75, 3.05) is 0 Å². The second kappa shape index (κ2) is 5.62. The fourth-order valence-electron chi connectivity index (χ4n) is 1.74. The summed E-state index contributed by atoms with van der Waals surface area (Å²) in [5.74, 6) is 0. The van der Waals surface area contributed by atoms with Crippen molar-refractivity contribution in [1.29, 1.82) is 0 Å². The highest BCUT2D eigenvalue weighted by Gasteiger charge is 2.12. The lowest BCUT2D eigenvalue weighted by atomic mass is 10.1. The molecule has 6 nitrogen and oxygen atoms in total. The van der Waals surface area contributed by atoms with E-state index >= 15 is 0 Å². The minimum atomic E-state index is -0.433. The fraction of sp³-hybridized carbons (Fsp3) is 0.167. The highest BCUT2D eigenvalue weighted by molar-refractivity contribution is 6.29. The summed E-state index contributed by atoms with van der Waals surface area (Å²) in [5.41, 5.74) is 0.228. The van der Waals surface area contributed by atoms with Crippen molar-refractivity contribution in [3.05, 3.63) is 67.8 Å². The molecule has 0 saturated heterocycles. The first-order valence-corrected chi connectivity index (χ1v) is 5.90. The summed E-state index contributed by atoms with van der Waals surface area (Å²) in [6.07, 6.45) is 3.30. The third-order valence-corrected chi connectivity index (χ3v) is 2.94. The summed E-state index contributed by atoms with van der Waals surface area (Å²) < 4.78 is 1.38. The molecule has 98 valence electrons. The van der Waals surface area contributed by atoms with Crippen molar-refractivity contribution in [1.82, 2.24) is 9.55 Å². The topological polar surface area (TPSA) is 78.0 Å². The SMILES string of the molecule is O=c1c(Cl)nccn1CCc1ccccc1[N+](=O)[O-]. The first-order chi connectivity index (χ1) is 9.09. The lowest BCUT2D eigenvalue weighted by molar-refractivity contribution is -0.385. The van der Waals surface area contributed by atoms with Gasteiger partial charge in [0.25, 0.3) is 11.2 Å². The van der Waals surface area contributed by atoms with Crippen LogP contribution in [0.15, 0.2) is 41.5 Å². The second-order valence-electron chi connectivity index (χ2n) is 3.85. The van der Waals surface area contributed by atoms with E-state index in [9.17, 15) is 14.9 Å². The van der Waals surface area contributed by atoms with Crippen LogP contribution in [0.4, 0.5) is 5.69 Å². The number of hydrogen-bond acceptors (Lipinski definition) is 4. The maximum Gasteiger partial charge on any atom is 0.288 e. The van der Waals surface area contributed by atoms with Crippen LogP contribution in [-0.4, -0.2) is 14.5 Å². The molecule has 0 aliphatic carbocycles. The number of nitro groups is 1. The van der Waals surface area contributed by atoms with Crippen LogP contribution in [0, 0.1) is 10.1 Å². The smallest absolute Gasteiger partial charge is 0.288 e. The Morgan fingerprint density at radius 1 is 1.37 bits per heavy atom. The van der Waals surface area contributed by atoms with Gasteiger partial charge in [0.2, 0.25) is 0 Å². The van der Waals surface area contributed by atoms with Crippen LogP contribution in [0.5, 0.6) is 0 Å². The van der Waals surface area contributed by atoms with Crippen molar-refractivity contribution in [2.45, 2.75) is 13.0 Å². The average Bonchev–Trinajstić information content (AvgIpc) is 2.40. The molecule has 19 heavy (non-hydrogen) atoms. The number of nitro benzene ring substituents is 1. The lowest BCUT2D eigenvalue weighted by Gasteiger charge is -2.06. The molecule has 0 saturated carbocycles. The number of nitrogens with zero attached hydrogens (tertiary/aromatic N) is 3. The Bertz CT molecular complexity index is 669. The van der Waals surface area contributed by atoms with E-state index in [4.69, 9.17) is 11.6 Å². The van der Waals surface area contributed by atoms with Gasteiger partial charge in [-0.15, -0.1) is 0 Å². The average molecular weight is 280 g/mol. The Balaban J connectivity index is 2.22. The van der Waals surface area contributed by atoms with Gasteiger partial charge in [-0.1, -0.05) is 29.8 Å². The van der Waals surface area contributed by atoms with Crippen molar-refractivity contribution in [2.24, 2.45) is 0 Å².